The van der Waals surface area contributed by atoms with E-state index in [1.807, 2.05) is 70.2 Å². The number of carboxylic acid groups (broad SMARTS) is 1. The van der Waals surface area contributed by atoms with Crippen LogP contribution in [0.15, 0.2) is 60.7 Å². The number of carbonyl (C=O) groups excluding carboxylic acids is 2. The van der Waals surface area contributed by atoms with E-state index in [9.17, 15) is 14.4 Å². The van der Waals surface area contributed by atoms with E-state index in [4.69, 9.17) is 14.4 Å². The normalized spacial score (nSPS) is 20.1. The Bertz CT molecular complexity index is 1180. The lowest BCUT2D eigenvalue weighted by molar-refractivity contribution is -0.130. The quantitative estimate of drug-likeness (QED) is 0.430. The minimum atomic E-state index is -1.12. The summed E-state index contributed by atoms with van der Waals surface area (Å²) in [4.78, 5) is 40.5. The molecule has 2 aromatic rings. The first-order valence-corrected chi connectivity index (χ1v) is 12.7. The van der Waals surface area contributed by atoms with Crippen molar-refractivity contribution < 1.29 is 28.8 Å². The molecule has 2 fully saturated rings. The van der Waals surface area contributed by atoms with Crippen LogP contribution in [0.1, 0.15) is 39.7 Å². The van der Waals surface area contributed by atoms with Gasteiger partial charge < -0.3 is 24.6 Å². The van der Waals surface area contributed by atoms with Gasteiger partial charge in [-0.3, -0.25) is 14.5 Å². The van der Waals surface area contributed by atoms with E-state index in [1.54, 1.807) is 23.1 Å². The average molecular weight is 519 g/mol. The first kappa shape index (κ1) is 27.4. The zero-order valence-corrected chi connectivity index (χ0v) is 22.2. The van der Waals surface area contributed by atoms with E-state index in [2.05, 4.69) is 5.32 Å². The summed E-state index contributed by atoms with van der Waals surface area (Å²) >= 11 is 0. The second kappa shape index (κ2) is 11.0. The molecule has 1 atom stereocenters. The zero-order valence-electron chi connectivity index (χ0n) is 22.2. The molecule has 0 aliphatic carbocycles. The fourth-order valence-electron chi connectivity index (χ4n) is 4.42. The van der Waals surface area contributed by atoms with Gasteiger partial charge in [-0.2, -0.15) is 0 Å². The van der Waals surface area contributed by atoms with Crippen molar-refractivity contribution in [2.45, 2.75) is 51.4 Å². The molecule has 0 spiro atoms. The molecule has 2 aliphatic rings. The van der Waals surface area contributed by atoms with Crippen LogP contribution in [0.25, 0.3) is 6.08 Å². The van der Waals surface area contributed by atoms with E-state index in [1.165, 1.54) is 11.0 Å². The number of hydrogen-bond acceptors (Lipinski definition) is 5. The first-order valence-electron chi connectivity index (χ1n) is 12.7. The Morgan fingerprint density at radius 3 is 2.29 bits per heavy atom. The molecule has 2 heterocycles. The molecule has 0 unspecified atom stereocenters. The summed E-state index contributed by atoms with van der Waals surface area (Å²) in [5.41, 5.74) is 1.28. The molecule has 10 heteroatoms. The summed E-state index contributed by atoms with van der Waals surface area (Å²) in [5.74, 6) is -0.596. The van der Waals surface area contributed by atoms with Gasteiger partial charge in [0.05, 0.1) is 17.2 Å². The number of nitrogens with zero attached hydrogens (tertiary/aromatic N) is 2. The van der Waals surface area contributed by atoms with Crippen molar-refractivity contribution in [3.05, 3.63) is 66.2 Å². The zero-order chi connectivity index (χ0) is 27.5. The van der Waals surface area contributed by atoms with Crippen molar-refractivity contribution in [2.75, 3.05) is 24.5 Å². The maximum Gasteiger partial charge on any atom is 0.494 e. The van der Waals surface area contributed by atoms with Crippen molar-refractivity contribution in [1.82, 2.24) is 10.2 Å². The second-order valence-corrected chi connectivity index (χ2v) is 10.6. The number of likely N-dealkylation sites (tertiary alicyclic amines) is 1. The summed E-state index contributed by atoms with van der Waals surface area (Å²) in [5, 5.41) is 11.4. The SMILES string of the molecule is CC1(C)OB(c2ccc(N(CC(=O)N3CC[C@H](NC(=O)O)C3)C(=O)/C=C/c3ccccc3)cc2)OC1(C)C. The Hall–Kier alpha value is -3.63. The van der Waals surface area contributed by atoms with E-state index in [0.717, 1.165) is 11.0 Å². The summed E-state index contributed by atoms with van der Waals surface area (Å²) in [6, 6.07) is 16.4. The van der Waals surface area contributed by atoms with Crippen LogP contribution in [0.3, 0.4) is 0 Å². The van der Waals surface area contributed by atoms with Gasteiger partial charge >= 0.3 is 13.2 Å². The minimum absolute atomic E-state index is 0.173. The second-order valence-electron chi connectivity index (χ2n) is 10.6. The molecule has 9 nitrogen and oxygen atoms in total. The van der Waals surface area contributed by atoms with E-state index in [-0.39, 0.29) is 30.9 Å². The van der Waals surface area contributed by atoms with Crippen LogP contribution < -0.4 is 15.7 Å². The maximum absolute atomic E-state index is 13.3. The number of nitrogens with one attached hydrogen (secondary N) is 1. The molecular formula is C28H34BN3O6. The van der Waals surface area contributed by atoms with Crippen LogP contribution in [-0.4, -0.2) is 71.9 Å². The van der Waals surface area contributed by atoms with Crippen molar-refractivity contribution >= 4 is 42.3 Å². The number of carbonyl (C=O) groups is 3. The summed E-state index contributed by atoms with van der Waals surface area (Å²) in [6.45, 7) is 8.47. The van der Waals surface area contributed by atoms with Gasteiger partial charge in [-0.15, -0.1) is 0 Å². The van der Waals surface area contributed by atoms with Crippen LogP contribution in [0.4, 0.5) is 10.5 Å². The Kier molecular flexibility index (Phi) is 7.94. The number of amides is 3. The van der Waals surface area contributed by atoms with Gasteiger partial charge in [0.25, 0.3) is 5.91 Å². The Balaban J connectivity index is 1.53. The van der Waals surface area contributed by atoms with Crippen molar-refractivity contribution in [1.29, 1.82) is 0 Å². The van der Waals surface area contributed by atoms with Crippen molar-refractivity contribution in [3.63, 3.8) is 0 Å². The molecule has 200 valence electrons. The lowest BCUT2D eigenvalue weighted by atomic mass is 9.79. The number of benzene rings is 2. The average Bonchev–Trinajstić information content (AvgIpc) is 3.42. The largest absolute Gasteiger partial charge is 0.494 e. The van der Waals surface area contributed by atoms with Gasteiger partial charge in [-0.05, 0) is 63.4 Å². The number of hydrogen-bond donors (Lipinski definition) is 2. The van der Waals surface area contributed by atoms with Gasteiger partial charge in [0.1, 0.15) is 6.54 Å². The minimum Gasteiger partial charge on any atom is -0.465 e. The molecule has 38 heavy (non-hydrogen) atoms. The third-order valence-electron chi connectivity index (χ3n) is 7.38. The standard InChI is InChI=1S/C28H34BN3O6/c1-27(2)28(3,4)38-29(37-27)21-11-13-23(14-12-21)32(24(33)15-10-20-8-6-5-7-9-20)19-25(34)31-17-16-22(18-31)30-26(35)36/h5-15,22,30H,16-19H2,1-4H3,(H,35,36)/b15-10+/t22-/m0/s1. The predicted octanol–water partition coefficient (Wildman–Crippen LogP) is 2.90. The lowest BCUT2D eigenvalue weighted by Crippen LogP contribution is -2.43. The van der Waals surface area contributed by atoms with Crippen LogP contribution in [-0.2, 0) is 18.9 Å². The van der Waals surface area contributed by atoms with Crippen LogP contribution in [0.5, 0.6) is 0 Å². The van der Waals surface area contributed by atoms with Crippen molar-refractivity contribution in [3.8, 4) is 0 Å². The molecular weight excluding hydrogens is 485 g/mol. The van der Waals surface area contributed by atoms with E-state index < -0.39 is 24.4 Å². The van der Waals surface area contributed by atoms with Crippen molar-refractivity contribution in [2.24, 2.45) is 0 Å². The topological polar surface area (TPSA) is 108 Å². The third kappa shape index (κ3) is 6.26. The van der Waals surface area contributed by atoms with Gasteiger partial charge in [-0.1, -0.05) is 42.5 Å². The molecule has 0 saturated carbocycles. The maximum atomic E-state index is 13.3. The molecule has 3 amide bonds. The summed E-state index contributed by atoms with van der Waals surface area (Å²) in [7, 11) is -0.541. The van der Waals surface area contributed by atoms with Gasteiger partial charge in [-0.25, -0.2) is 4.79 Å². The van der Waals surface area contributed by atoms with Crippen LogP contribution in [0.2, 0.25) is 0 Å². The van der Waals surface area contributed by atoms with Gasteiger partial charge in [0.2, 0.25) is 5.91 Å². The highest BCUT2D eigenvalue weighted by atomic mass is 16.7. The third-order valence-corrected chi connectivity index (χ3v) is 7.38. The Labute approximate surface area is 223 Å². The highest BCUT2D eigenvalue weighted by molar-refractivity contribution is 6.62. The summed E-state index contributed by atoms with van der Waals surface area (Å²) in [6.07, 6.45) is 2.57. The van der Waals surface area contributed by atoms with Crippen LogP contribution >= 0.6 is 0 Å². The highest BCUT2D eigenvalue weighted by Gasteiger charge is 2.51. The molecule has 0 radical (unpaired) electrons. The molecule has 2 N–H and O–H groups in total. The Morgan fingerprint density at radius 2 is 1.68 bits per heavy atom. The smallest absolute Gasteiger partial charge is 0.465 e. The first-order chi connectivity index (χ1) is 17.9. The fraction of sp³-hybridized carbons (Fsp3) is 0.393. The van der Waals surface area contributed by atoms with Crippen LogP contribution in [0, 0.1) is 0 Å². The monoisotopic (exact) mass is 519 g/mol. The molecule has 0 bridgehead atoms. The molecule has 2 aliphatic heterocycles. The molecule has 2 aromatic carbocycles. The number of anilines is 1. The summed E-state index contributed by atoms with van der Waals surface area (Å²) < 4.78 is 12.3. The predicted molar refractivity (Wildman–Crippen MR) is 146 cm³/mol. The van der Waals surface area contributed by atoms with E-state index in [0.29, 0.717) is 18.7 Å². The highest BCUT2D eigenvalue weighted by Crippen LogP contribution is 2.36. The Morgan fingerprint density at radius 1 is 1.05 bits per heavy atom. The molecule has 2 saturated heterocycles. The molecule has 0 aromatic heterocycles. The van der Waals surface area contributed by atoms with Gasteiger partial charge in [0, 0.05) is 24.9 Å². The van der Waals surface area contributed by atoms with E-state index >= 15 is 0 Å². The molecule has 4 rings (SSSR count). The van der Waals surface area contributed by atoms with Gasteiger partial charge in [0.15, 0.2) is 0 Å². The lowest BCUT2D eigenvalue weighted by Gasteiger charge is -2.32. The number of rotatable bonds is 7. The fourth-order valence-corrected chi connectivity index (χ4v) is 4.42.